The first kappa shape index (κ1) is 16.6. The van der Waals surface area contributed by atoms with E-state index in [2.05, 4.69) is 10.1 Å². The Bertz CT molecular complexity index is 558. The van der Waals surface area contributed by atoms with Gasteiger partial charge in [-0.25, -0.2) is 9.18 Å². The van der Waals surface area contributed by atoms with E-state index in [9.17, 15) is 18.8 Å². The number of amides is 1. The van der Waals surface area contributed by atoms with Crippen molar-refractivity contribution in [1.82, 2.24) is 0 Å². The molecule has 0 aliphatic carbocycles. The zero-order chi connectivity index (χ0) is 16.0. The highest BCUT2D eigenvalue weighted by molar-refractivity contribution is 5.94. The number of rotatable bonds is 6. The Kier molecular flexibility index (Phi) is 5.83. The normalized spacial score (nSPS) is 11.6. The molecule has 21 heavy (non-hydrogen) atoms. The Morgan fingerprint density at radius 1 is 1.33 bits per heavy atom. The molecule has 6 nitrogen and oxygen atoms in total. The van der Waals surface area contributed by atoms with Crippen LogP contribution < -0.4 is 5.32 Å². The van der Waals surface area contributed by atoms with Gasteiger partial charge in [0, 0.05) is 12.8 Å². The number of carbonyl (C=O) groups is 3. The highest BCUT2D eigenvalue weighted by atomic mass is 19.1. The molecule has 2 N–H and O–H groups in total. The summed E-state index contributed by atoms with van der Waals surface area (Å²) in [6.45, 7) is 1.61. The zero-order valence-electron chi connectivity index (χ0n) is 11.7. The number of hydrogen-bond donors (Lipinski definition) is 2. The molecule has 1 aromatic rings. The van der Waals surface area contributed by atoms with Crippen molar-refractivity contribution in [2.24, 2.45) is 5.92 Å². The van der Waals surface area contributed by atoms with Gasteiger partial charge < -0.3 is 15.2 Å². The lowest BCUT2D eigenvalue weighted by molar-refractivity contribution is -0.138. The van der Waals surface area contributed by atoms with Crippen LogP contribution in [0.5, 0.6) is 0 Å². The van der Waals surface area contributed by atoms with Crippen LogP contribution in [0.4, 0.5) is 10.1 Å². The molecule has 0 saturated heterocycles. The summed E-state index contributed by atoms with van der Waals surface area (Å²) in [5, 5.41) is 10.9. The Balaban J connectivity index is 2.75. The van der Waals surface area contributed by atoms with Crippen molar-refractivity contribution in [2.45, 2.75) is 19.8 Å². The minimum absolute atomic E-state index is 0.0613. The quantitative estimate of drug-likeness (QED) is 0.784. The summed E-state index contributed by atoms with van der Waals surface area (Å²) in [5.41, 5.74) is -0.0433. The number of hydrogen-bond acceptors (Lipinski definition) is 4. The summed E-state index contributed by atoms with van der Waals surface area (Å²) in [6, 6.07) is 3.45. The summed E-state index contributed by atoms with van der Waals surface area (Å²) >= 11 is 0. The third-order valence-corrected chi connectivity index (χ3v) is 2.72. The van der Waals surface area contributed by atoms with Gasteiger partial charge in [-0.2, -0.15) is 0 Å². The minimum atomic E-state index is -1.01. The van der Waals surface area contributed by atoms with Crippen LogP contribution in [0.25, 0.3) is 0 Å². The lowest BCUT2D eigenvalue weighted by atomic mass is 10.0. The number of carbonyl (C=O) groups excluding carboxylic acids is 2. The van der Waals surface area contributed by atoms with Crippen LogP contribution in [0, 0.1) is 11.7 Å². The Labute approximate surface area is 120 Å². The first-order valence-corrected chi connectivity index (χ1v) is 6.23. The van der Waals surface area contributed by atoms with Gasteiger partial charge in [-0.1, -0.05) is 6.92 Å². The second-order valence-corrected chi connectivity index (χ2v) is 4.64. The summed E-state index contributed by atoms with van der Waals surface area (Å²) in [7, 11) is 1.19. The Morgan fingerprint density at radius 3 is 2.57 bits per heavy atom. The Morgan fingerprint density at radius 2 is 2.00 bits per heavy atom. The van der Waals surface area contributed by atoms with Gasteiger partial charge in [0.25, 0.3) is 0 Å². The van der Waals surface area contributed by atoms with Crippen molar-refractivity contribution in [3.8, 4) is 0 Å². The first-order valence-electron chi connectivity index (χ1n) is 6.23. The average Bonchev–Trinajstić information content (AvgIpc) is 2.39. The fourth-order valence-electron chi connectivity index (χ4n) is 1.75. The third kappa shape index (κ3) is 5.21. The number of halogens is 1. The van der Waals surface area contributed by atoms with E-state index in [0.717, 1.165) is 6.07 Å². The first-order chi connectivity index (χ1) is 9.83. The minimum Gasteiger partial charge on any atom is -0.481 e. The molecule has 1 aromatic carbocycles. The van der Waals surface area contributed by atoms with Gasteiger partial charge in [-0.05, 0) is 24.1 Å². The molecular formula is C14H16FNO5. The smallest absolute Gasteiger partial charge is 0.337 e. The van der Waals surface area contributed by atoms with E-state index < -0.39 is 23.7 Å². The van der Waals surface area contributed by atoms with Crippen LogP contribution >= 0.6 is 0 Å². The standard InChI is InChI=1S/C14H16FNO5/c1-8(6-13(18)19)5-12(17)16-11-7-9(14(20)21-2)3-4-10(11)15/h3-4,7-8H,5-6H2,1-2H3,(H,16,17)(H,18,19). The maximum absolute atomic E-state index is 13.6. The summed E-state index contributed by atoms with van der Waals surface area (Å²) < 4.78 is 18.1. The number of methoxy groups -OCH3 is 1. The maximum Gasteiger partial charge on any atom is 0.337 e. The number of carboxylic acid groups (broad SMARTS) is 1. The molecule has 0 bridgehead atoms. The van der Waals surface area contributed by atoms with Gasteiger partial charge in [0.1, 0.15) is 5.82 Å². The largest absolute Gasteiger partial charge is 0.481 e. The van der Waals surface area contributed by atoms with E-state index in [1.54, 1.807) is 6.92 Å². The van der Waals surface area contributed by atoms with E-state index in [4.69, 9.17) is 5.11 Å². The van der Waals surface area contributed by atoms with Crippen LogP contribution in [0.3, 0.4) is 0 Å². The molecular weight excluding hydrogens is 281 g/mol. The molecule has 0 aromatic heterocycles. The fourth-order valence-corrected chi connectivity index (χ4v) is 1.75. The van der Waals surface area contributed by atoms with Crippen molar-refractivity contribution >= 4 is 23.5 Å². The number of carboxylic acids is 1. The number of anilines is 1. The summed E-state index contributed by atoms with van der Waals surface area (Å²) in [5.74, 6) is -3.25. The second kappa shape index (κ2) is 7.37. The lowest BCUT2D eigenvalue weighted by Gasteiger charge is -2.11. The number of benzene rings is 1. The number of nitrogens with one attached hydrogen (secondary N) is 1. The van der Waals surface area contributed by atoms with Crippen molar-refractivity contribution in [2.75, 3.05) is 12.4 Å². The summed E-state index contributed by atoms with van der Waals surface area (Å²) in [6.07, 6.45) is -0.216. The van der Waals surface area contributed by atoms with E-state index in [1.165, 1.54) is 19.2 Å². The van der Waals surface area contributed by atoms with Gasteiger partial charge in [0.15, 0.2) is 0 Å². The van der Waals surface area contributed by atoms with Crippen LogP contribution in [-0.4, -0.2) is 30.1 Å². The van der Waals surface area contributed by atoms with Gasteiger partial charge in [-0.3, -0.25) is 9.59 Å². The molecule has 1 atom stereocenters. The van der Waals surface area contributed by atoms with E-state index in [0.29, 0.717) is 0 Å². The number of ether oxygens (including phenoxy) is 1. The molecule has 7 heteroatoms. The number of aliphatic carboxylic acids is 1. The van der Waals surface area contributed by atoms with Crippen LogP contribution in [0.15, 0.2) is 18.2 Å². The lowest BCUT2D eigenvalue weighted by Crippen LogP contribution is -2.18. The summed E-state index contributed by atoms with van der Waals surface area (Å²) in [4.78, 5) is 33.6. The predicted octanol–water partition coefficient (Wildman–Crippen LogP) is 2.05. The molecule has 1 amide bonds. The molecule has 0 spiro atoms. The molecule has 1 unspecified atom stereocenters. The number of esters is 1. The van der Waals surface area contributed by atoms with E-state index >= 15 is 0 Å². The zero-order valence-corrected chi connectivity index (χ0v) is 11.7. The highest BCUT2D eigenvalue weighted by Gasteiger charge is 2.15. The van der Waals surface area contributed by atoms with Gasteiger partial charge in [0.2, 0.25) is 5.91 Å². The monoisotopic (exact) mass is 297 g/mol. The average molecular weight is 297 g/mol. The third-order valence-electron chi connectivity index (χ3n) is 2.72. The van der Waals surface area contributed by atoms with Crippen molar-refractivity contribution in [3.63, 3.8) is 0 Å². The van der Waals surface area contributed by atoms with Gasteiger partial charge in [-0.15, -0.1) is 0 Å². The molecule has 1 rings (SSSR count). The van der Waals surface area contributed by atoms with Crippen LogP contribution in [0.1, 0.15) is 30.1 Å². The van der Waals surface area contributed by atoms with E-state index in [-0.39, 0.29) is 30.0 Å². The molecule has 0 saturated carbocycles. The predicted molar refractivity (Wildman–Crippen MR) is 72.4 cm³/mol. The molecule has 0 aliphatic heterocycles. The Hall–Kier alpha value is -2.44. The highest BCUT2D eigenvalue weighted by Crippen LogP contribution is 2.18. The van der Waals surface area contributed by atoms with Crippen LogP contribution in [-0.2, 0) is 14.3 Å². The molecule has 0 heterocycles. The maximum atomic E-state index is 13.6. The van der Waals surface area contributed by atoms with Crippen molar-refractivity contribution in [1.29, 1.82) is 0 Å². The van der Waals surface area contributed by atoms with E-state index in [1.807, 2.05) is 0 Å². The fraction of sp³-hybridized carbons (Fsp3) is 0.357. The van der Waals surface area contributed by atoms with Crippen molar-refractivity contribution in [3.05, 3.63) is 29.6 Å². The molecule has 0 fully saturated rings. The van der Waals surface area contributed by atoms with Gasteiger partial charge >= 0.3 is 11.9 Å². The van der Waals surface area contributed by atoms with Gasteiger partial charge in [0.05, 0.1) is 18.4 Å². The van der Waals surface area contributed by atoms with Crippen LogP contribution in [0.2, 0.25) is 0 Å². The molecule has 114 valence electrons. The molecule has 0 radical (unpaired) electrons. The van der Waals surface area contributed by atoms with Crippen molar-refractivity contribution < 1.29 is 28.6 Å². The SMILES string of the molecule is COC(=O)c1ccc(F)c(NC(=O)CC(C)CC(=O)O)c1. The topological polar surface area (TPSA) is 92.7 Å². The second-order valence-electron chi connectivity index (χ2n) is 4.64. The molecule has 0 aliphatic rings.